The standard InChI is InChI=1S/C20H28O3/c1-19-9-7-13(21)11-12(19)3-4-14-15-5-6-17(18(22)23)20(15,2)10-8-16(14)19/h3,6,13-16,21H,4-5,7-11H2,1-2H3,(H,22,23)/t13-,14-,15-,16-,19+,20-/m1/s1. The molecule has 0 spiro atoms. The SMILES string of the molecule is C[C@]12CC[C@@H](O)CC1=CC[C@H]1[C@H]2CC[C@@]2(C)C(C(=O)O)=CC[C@H]12. The molecule has 2 N–H and O–H groups in total. The van der Waals surface area contributed by atoms with Crippen LogP contribution in [0, 0.1) is 28.6 Å². The number of aliphatic hydroxyl groups is 1. The molecular formula is C20H28O3. The quantitative estimate of drug-likeness (QED) is 0.721. The van der Waals surface area contributed by atoms with Crippen molar-refractivity contribution in [2.24, 2.45) is 28.6 Å². The average Bonchev–Trinajstić information content (AvgIpc) is 2.85. The molecule has 0 aromatic rings. The Kier molecular flexibility index (Phi) is 3.32. The van der Waals surface area contributed by atoms with E-state index in [0.29, 0.717) is 23.3 Å². The maximum atomic E-state index is 11.6. The zero-order valence-electron chi connectivity index (χ0n) is 14.2. The molecule has 4 rings (SSSR count). The van der Waals surface area contributed by atoms with E-state index in [-0.39, 0.29) is 16.9 Å². The largest absolute Gasteiger partial charge is 0.478 e. The van der Waals surface area contributed by atoms with Crippen molar-refractivity contribution in [2.45, 2.75) is 64.9 Å². The second-order valence-corrected chi connectivity index (χ2v) is 8.77. The van der Waals surface area contributed by atoms with Gasteiger partial charge in [-0.15, -0.1) is 0 Å². The van der Waals surface area contributed by atoms with Crippen molar-refractivity contribution < 1.29 is 15.0 Å². The van der Waals surface area contributed by atoms with E-state index >= 15 is 0 Å². The lowest BCUT2D eigenvalue weighted by Gasteiger charge is -2.57. The average molecular weight is 316 g/mol. The number of fused-ring (bicyclic) bond motifs is 5. The molecule has 2 fully saturated rings. The monoisotopic (exact) mass is 316 g/mol. The number of carboxylic acids is 1. The van der Waals surface area contributed by atoms with Crippen LogP contribution in [0.2, 0.25) is 0 Å². The van der Waals surface area contributed by atoms with Crippen molar-refractivity contribution in [3.05, 3.63) is 23.3 Å². The number of carbonyl (C=O) groups is 1. The maximum absolute atomic E-state index is 11.6. The molecule has 126 valence electrons. The Balaban J connectivity index is 1.67. The van der Waals surface area contributed by atoms with Gasteiger partial charge in [0.2, 0.25) is 0 Å². The molecule has 0 aliphatic heterocycles. The van der Waals surface area contributed by atoms with Crippen molar-refractivity contribution in [1.29, 1.82) is 0 Å². The van der Waals surface area contributed by atoms with Crippen molar-refractivity contribution in [2.75, 3.05) is 0 Å². The molecule has 3 nitrogen and oxygen atoms in total. The van der Waals surface area contributed by atoms with Crippen LogP contribution in [-0.4, -0.2) is 22.3 Å². The van der Waals surface area contributed by atoms with Crippen LogP contribution in [0.15, 0.2) is 23.3 Å². The van der Waals surface area contributed by atoms with Gasteiger partial charge in [-0.3, -0.25) is 0 Å². The lowest BCUT2D eigenvalue weighted by atomic mass is 9.47. The van der Waals surface area contributed by atoms with Crippen LogP contribution < -0.4 is 0 Å². The Morgan fingerprint density at radius 1 is 1.09 bits per heavy atom. The minimum Gasteiger partial charge on any atom is -0.478 e. The number of allylic oxidation sites excluding steroid dienone is 2. The van der Waals surface area contributed by atoms with Crippen molar-refractivity contribution in [3.63, 3.8) is 0 Å². The summed E-state index contributed by atoms with van der Waals surface area (Å²) >= 11 is 0. The van der Waals surface area contributed by atoms with E-state index in [1.54, 1.807) is 0 Å². The highest BCUT2D eigenvalue weighted by Gasteiger charge is 2.57. The molecule has 0 amide bonds. The van der Waals surface area contributed by atoms with Crippen LogP contribution in [0.1, 0.15) is 58.8 Å². The summed E-state index contributed by atoms with van der Waals surface area (Å²) in [5, 5.41) is 19.6. The molecule has 4 aliphatic rings. The van der Waals surface area contributed by atoms with E-state index in [0.717, 1.165) is 44.9 Å². The molecular weight excluding hydrogens is 288 g/mol. The summed E-state index contributed by atoms with van der Waals surface area (Å²) in [5.41, 5.74) is 2.24. The fourth-order valence-electron chi connectivity index (χ4n) is 6.54. The molecule has 2 saturated carbocycles. The molecule has 0 heterocycles. The highest BCUT2D eigenvalue weighted by Crippen LogP contribution is 2.64. The molecule has 23 heavy (non-hydrogen) atoms. The number of aliphatic hydroxyl groups excluding tert-OH is 1. The van der Waals surface area contributed by atoms with Gasteiger partial charge in [0.25, 0.3) is 0 Å². The number of hydrogen-bond acceptors (Lipinski definition) is 2. The second-order valence-electron chi connectivity index (χ2n) is 8.77. The van der Waals surface area contributed by atoms with Crippen LogP contribution in [0.25, 0.3) is 0 Å². The van der Waals surface area contributed by atoms with Crippen molar-refractivity contribution >= 4 is 5.97 Å². The summed E-state index contributed by atoms with van der Waals surface area (Å²) < 4.78 is 0. The van der Waals surface area contributed by atoms with Gasteiger partial charge in [-0.1, -0.05) is 31.6 Å². The number of rotatable bonds is 1. The Morgan fingerprint density at radius 3 is 2.57 bits per heavy atom. The topological polar surface area (TPSA) is 57.5 Å². The van der Waals surface area contributed by atoms with Crippen molar-refractivity contribution in [3.8, 4) is 0 Å². The zero-order chi connectivity index (χ0) is 16.4. The first-order valence-corrected chi connectivity index (χ1v) is 9.18. The third kappa shape index (κ3) is 2.02. The lowest BCUT2D eigenvalue weighted by molar-refractivity contribution is -0.135. The van der Waals surface area contributed by atoms with Crippen LogP contribution in [0.4, 0.5) is 0 Å². The van der Waals surface area contributed by atoms with E-state index in [4.69, 9.17) is 0 Å². The number of hydrogen-bond donors (Lipinski definition) is 2. The molecule has 0 bridgehead atoms. The van der Waals surface area contributed by atoms with Crippen LogP contribution in [-0.2, 0) is 4.79 Å². The summed E-state index contributed by atoms with van der Waals surface area (Å²) in [6, 6.07) is 0. The lowest BCUT2D eigenvalue weighted by Crippen LogP contribution is -2.50. The first-order chi connectivity index (χ1) is 10.9. The molecule has 0 unspecified atom stereocenters. The van der Waals surface area contributed by atoms with Crippen LogP contribution in [0.3, 0.4) is 0 Å². The number of aliphatic carboxylic acids is 1. The Morgan fingerprint density at radius 2 is 1.83 bits per heavy atom. The van der Waals surface area contributed by atoms with E-state index in [1.165, 1.54) is 5.57 Å². The second kappa shape index (κ2) is 4.95. The predicted molar refractivity (Wildman–Crippen MR) is 88.8 cm³/mol. The first-order valence-electron chi connectivity index (χ1n) is 9.18. The third-order valence-corrected chi connectivity index (χ3v) is 7.89. The predicted octanol–water partition coefficient (Wildman–Crippen LogP) is 3.93. The molecule has 3 heteroatoms. The smallest absolute Gasteiger partial charge is 0.331 e. The van der Waals surface area contributed by atoms with Gasteiger partial charge >= 0.3 is 5.97 Å². The van der Waals surface area contributed by atoms with Crippen molar-refractivity contribution in [1.82, 2.24) is 0 Å². The summed E-state index contributed by atoms with van der Waals surface area (Å²) in [6.45, 7) is 4.59. The summed E-state index contributed by atoms with van der Waals surface area (Å²) in [4.78, 5) is 11.6. The fraction of sp³-hybridized carbons (Fsp3) is 0.750. The molecule has 0 aromatic carbocycles. The van der Waals surface area contributed by atoms with Gasteiger partial charge in [0, 0.05) is 11.0 Å². The van der Waals surface area contributed by atoms with E-state index in [2.05, 4.69) is 19.9 Å². The normalized spacial score (nSPS) is 48.7. The molecule has 4 aliphatic carbocycles. The maximum Gasteiger partial charge on any atom is 0.331 e. The van der Waals surface area contributed by atoms with Gasteiger partial charge in [0.05, 0.1) is 6.10 Å². The van der Waals surface area contributed by atoms with E-state index in [9.17, 15) is 15.0 Å². The number of carboxylic acid groups (broad SMARTS) is 1. The zero-order valence-corrected chi connectivity index (χ0v) is 14.2. The van der Waals surface area contributed by atoms with E-state index < -0.39 is 5.97 Å². The van der Waals surface area contributed by atoms with Crippen LogP contribution >= 0.6 is 0 Å². The fourth-order valence-corrected chi connectivity index (χ4v) is 6.54. The van der Waals surface area contributed by atoms with Gasteiger partial charge in [-0.05, 0) is 68.1 Å². The summed E-state index contributed by atoms with van der Waals surface area (Å²) in [5.74, 6) is 1.03. The minimum atomic E-state index is -0.715. The van der Waals surface area contributed by atoms with E-state index in [1.807, 2.05) is 6.08 Å². The molecule has 6 atom stereocenters. The van der Waals surface area contributed by atoms with Gasteiger partial charge in [0.15, 0.2) is 0 Å². The van der Waals surface area contributed by atoms with Gasteiger partial charge in [0.1, 0.15) is 0 Å². The Labute approximate surface area is 138 Å². The van der Waals surface area contributed by atoms with Gasteiger partial charge < -0.3 is 10.2 Å². The first kappa shape index (κ1) is 15.4. The minimum absolute atomic E-state index is 0.136. The highest BCUT2D eigenvalue weighted by atomic mass is 16.4. The molecule has 0 radical (unpaired) electrons. The van der Waals surface area contributed by atoms with Gasteiger partial charge in [-0.2, -0.15) is 0 Å². The third-order valence-electron chi connectivity index (χ3n) is 7.89. The Hall–Kier alpha value is -1.09. The highest BCUT2D eigenvalue weighted by molar-refractivity contribution is 5.89. The Bertz CT molecular complexity index is 604. The molecule has 0 saturated heterocycles. The van der Waals surface area contributed by atoms with Gasteiger partial charge in [-0.25, -0.2) is 4.79 Å². The molecule has 0 aromatic heterocycles. The summed E-state index contributed by atoms with van der Waals surface area (Å²) in [7, 11) is 0. The summed E-state index contributed by atoms with van der Waals surface area (Å²) in [6.07, 6.45) is 11.2. The van der Waals surface area contributed by atoms with Crippen LogP contribution in [0.5, 0.6) is 0 Å².